The van der Waals surface area contributed by atoms with Crippen molar-refractivity contribution in [2.24, 2.45) is 0 Å². The molecule has 4 rings (SSSR count). The molecule has 5 nitrogen and oxygen atoms in total. The average molecular weight is 439 g/mol. The molecule has 0 aliphatic rings. The second kappa shape index (κ2) is 7.98. The Morgan fingerprint density at radius 2 is 1.87 bits per heavy atom. The highest BCUT2D eigenvalue weighted by molar-refractivity contribution is 6.32. The summed E-state index contributed by atoms with van der Waals surface area (Å²) in [4.78, 5) is 7.70. The van der Waals surface area contributed by atoms with Gasteiger partial charge in [-0.1, -0.05) is 23.7 Å². The molecule has 0 radical (unpaired) electrons. The number of aromatic amines is 1. The van der Waals surface area contributed by atoms with Crippen molar-refractivity contribution in [2.75, 3.05) is 7.11 Å². The molecule has 10 heteroatoms. The Balaban J connectivity index is 1.77. The topological polar surface area (TPSA) is 55.7 Å². The molecular weight excluding hydrogens is 424 g/mol. The van der Waals surface area contributed by atoms with Gasteiger partial charge in [0.15, 0.2) is 0 Å². The van der Waals surface area contributed by atoms with Gasteiger partial charge in [0.05, 0.1) is 29.7 Å². The van der Waals surface area contributed by atoms with Gasteiger partial charge < -0.3 is 9.72 Å². The number of hydrogen-bond acceptors (Lipinski definition) is 3. The van der Waals surface area contributed by atoms with Crippen molar-refractivity contribution in [3.8, 4) is 17.1 Å². The van der Waals surface area contributed by atoms with E-state index in [1.807, 2.05) is 24.3 Å². The van der Waals surface area contributed by atoms with E-state index in [0.717, 1.165) is 15.7 Å². The lowest BCUT2D eigenvalue weighted by molar-refractivity contribution is 0.139. The summed E-state index contributed by atoms with van der Waals surface area (Å²) in [5, 5.41) is 2.88. The van der Waals surface area contributed by atoms with Crippen LogP contribution in [-0.2, 0) is 6.54 Å². The van der Waals surface area contributed by atoms with Crippen LogP contribution < -0.4 is 4.74 Å². The van der Waals surface area contributed by atoms with Gasteiger partial charge in [0.1, 0.15) is 23.0 Å². The zero-order valence-corrected chi connectivity index (χ0v) is 16.3. The molecule has 0 amide bonds. The van der Waals surface area contributed by atoms with Gasteiger partial charge in [-0.05, 0) is 30.3 Å². The van der Waals surface area contributed by atoms with E-state index in [-0.39, 0.29) is 6.54 Å². The molecule has 0 aliphatic heterocycles. The lowest BCUT2D eigenvalue weighted by Gasteiger charge is -2.12. The Bertz CT molecular complexity index is 1170. The zero-order valence-electron chi connectivity index (χ0n) is 15.5. The molecule has 156 valence electrons. The Hall–Kier alpha value is -3.07. The Morgan fingerprint density at radius 1 is 1.10 bits per heavy atom. The van der Waals surface area contributed by atoms with Crippen LogP contribution in [0, 0.1) is 0 Å². The van der Waals surface area contributed by atoms with Crippen LogP contribution in [0.3, 0.4) is 0 Å². The molecule has 0 fully saturated rings. The fourth-order valence-corrected chi connectivity index (χ4v) is 3.54. The predicted octanol–water partition coefficient (Wildman–Crippen LogP) is 6.01. The van der Waals surface area contributed by atoms with E-state index in [1.54, 1.807) is 18.2 Å². The van der Waals surface area contributed by atoms with Gasteiger partial charge in [0.25, 0.3) is 12.9 Å². The number of nitrogens with zero attached hydrogens (tertiary/aromatic N) is 3. The molecule has 0 atom stereocenters. The van der Waals surface area contributed by atoms with Crippen LogP contribution in [0.2, 0.25) is 5.02 Å². The van der Waals surface area contributed by atoms with E-state index < -0.39 is 29.3 Å². The van der Waals surface area contributed by atoms with Gasteiger partial charge in [0, 0.05) is 11.1 Å². The largest absolute Gasteiger partial charge is 0.496 e. The summed E-state index contributed by atoms with van der Waals surface area (Å²) < 4.78 is 59.3. The molecule has 0 saturated carbocycles. The van der Waals surface area contributed by atoms with E-state index in [0.29, 0.717) is 22.7 Å². The molecule has 0 spiro atoms. The molecule has 0 unspecified atom stereocenters. The van der Waals surface area contributed by atoms with Crippen molar-refractivity contribution < 1.29 is 22.3 Å². The van der Waals surface area contributed by atoms with Crippen LogP contribution in [0.15, 0.2) is 42.5 Å². The number of H-pyrrole nitrogens is 1. The first-order valence-electron chi connectivity index (χ1n) is 8.83. The fraction of sp³-hybridized carbons (Fsp3) is 0.200. The van der Waals surface area contributed by atoms with Crippen molar-refractivity contribution in [3.05, 3.63) is 64.4 Å². The molecule has 0 saturated heterocycles. The number of halogens is 5. The summed E-state index contributed by atoms with van der Waals surface area (Å²) in [6, 6.07) is 12.6. The van der Waals surface area contributed by atoms with E-state index >= 15 is 0 Å². The minimum Gasteiger partial charge on any atom is -0.496 e. The monoisotopic (exact) mass is 438 g/mol. The lowest BCUT2D eigenvalue weighted by Crippen LogP contribution is -2.08. The first-order valence-corrected chi connectivity index (χ1v) is 9.21. The van der Waals surface area contributed by atoms with E-state index in [2.05, 4.69) is 15.1 Å². The van der Waals surface area contributed by atoms with Crippen molar-refractivity contribution in [1.29, 1.82) is 0 Å². The summed E-state index contributed by atoms with van der Waals surface area (Å²) >= 11 is 5.74. The van der Waals surface area contributed by atoms with Crippen LogP contribution in [0.25, 0.3) is 22.4 Å². The maximum Gasteiger partial charge on any atom is 0.283 e. The number of aromatic nitrogens is 4. The third-order valence-electron chi connectivity index (χ3n) is 4.63. The standard InChI is InChI=1S/C20H15ClF4N4O/c1-30-14-7-6-10(20-26-12-4-2-3-5-13(12)27-20)8-11(14)9-29-17(19(24)25)15(21)16(28-29)18(22)23/h2-8,18-19H,9H2,1H3,(H,26,27). The molecular formula is C20H15ClF4N4O. The number of alkyl halides is 4. The average Bonchev–Trinajstić information content (AvgIpc) is 3.29. The van der Waals surface area contributed by atoms with E-state index in [9.17, 15) is 17.6 Å². The second-order valence-electron chi connectivity index (χ2n) is 6.47. The first-order chi connectivity index (χ1) is 14.4. The highest BCUT2D eigenvalue weighted by Gasteiger charge is 2.28. The van der Waals surface area contributed by atoms with Crippen LogP contribution >= 0.6 is 11.6 Å². The number of benzene rings is 2. The molecule has 2 aromatic carbocycles. The molecule has 4 aromatic rings. The number of nitrogens with one attached hydrogen (secondary N) is 1. The highest BCUT2D eigenvalue weighted by Crippen LogP contribution is 2.36. The third-order valence-corrected chi connectivity index (χ3v) is 5.02. The highest BCUT2D eigenvalue weighted by atomic mass is 35.5. The SMILES string of the molecule is COc1ccc(-c2nc3ccccc3[nH]2)cc1Cn1nc(C(F)F)c(Cl)c1C(F)F. The Labute approximate surface area is 173 Å². The van der Waals surface area contributed by atoms with Gasteiger partial charge in [0.2, 0.25) is 0 Å². The van der Waals surface area contributed by atoms with Gasteiger partial charge in [-0.2, -0.15) is 5.10 Å². The normalized spacial score (nSPS) is 11.7. The lowest BCUT2D eigenvalue weighted by atomic mass is 10.1. The number of fused-ring (bicyclic) bond motifs is 1. The van der Waals surface area contributed by atoms with Crippen LogP contribution in [-0.4, -0.2) is 26.9 Å². The molecule has 30 heavy (non-hydrogen) atoms. The second-order valence-corrected chi connectivity index (χ2v) is 6.85. The quantitative estimate of drug-likeness (QED) is 0.375. The van der Waals surface area contributed by atoms with Crippen molar-refractivity contribution in [3.63, 3.8) is 0 Å². The number of methoxy groups -OCH3 is 1. The van der Waals surface area contributed by atoms with E-state index in [1.165, 1.54) is 7.11 Å². The Morgan fingerprint density at radius 3 is 2.53 bits per heavy atom. The van der Waals surface area contributed by atoms with Gasteiger partial charge in [-0.3, -0.25) is 4.68 Å². The number of hydrogen-bond donors (Lipinski definition) is 1. The van der Waals surface area contributed by atoms with Crippen molar-refractivity contribution in [2.45, 2.75) is 19.4 Å². The molecule has 1 N–H and O–H groups in total. The van der Waals surface area contributed by atoms with Gasteiger partial charge in [-0.15, -0.1) is 0 Å². The smallest absolute Gasteiger partial charge is 0.283 e. The summed E-state index contributed by atoms with van der Waals surface area (Å²) in [7, 11) is 1.42. The number of imidazole rings is 1. The van der Waals surface area contributed by atoms with Crippen molar-refractivity contribution in [1.82, 2.24) is 19.7 Å². The Kier molecular flexibility index (Phi) is 5.38. The van der Waals surface area contributed by atoms with Gasteiger partial charge >= 0.3 is 0 Å². The van der Waals surface area contributed by atoms with Crippen LogP contribution in [0.1, 0.15) is 29.8 Å². The minimum absolute atomic E-state index is 0.233. The predicted molar refractivity (Wildman–Crippen MR) is 104 cm³/mol. The van der Waals surface area contributed by atoms with Gasteiger partial charge in [-0.25, -0.2) is 22.5 Å². The first kappa shape index (κ1) is 20.2. The summed E-state index contributed by atoms with van der Waals surface area (Å²) in [5.41, 5.74) is 1.10. The zero-order chi connectivity index (χ0) is 21.4. The maximum absolute atomic E-state index is 13.5. The van der Waals surface area contributed by atoms with Crippen molar-refractivity contribution >= 4 is 22.6 Å². The summed E-state index contributed by atoms with van der Waals surface area (Å²) in [6.07, 6.45) is -6.14. The number of ether oxygens (including phenoxy) is 1. The number of para-hydroxylation sites is 2. The summed E-state index contributed by atoms with van der Waals surface area (Å²) in [5.74, 6) is 0.959. The molecule has 2 heterocycles. The van der Waals surface area contributed by atoms with Crippen LogP contribution in [0.5, 0.6) is 5.75 Å². The third kappa shape index (κ3) is 3.60. The molecule has 0 aliphatic carbocycles. The molecule has 2 aromatic heterocycles. The minimum atomic E-state index is -3.07. The van der Waals surface area contributed by atoms with E-state index in [4.69, 9.17) is 16.3 Å². The maximum atomic E-state index is 13.5. The summed E-state index contributed by atoms with van der Waals surface area (Å²) in [6.45, 7) is -0.233. The van der Waals surface area contributed by atoms with Crippen LogP contribution in [0.4, 0.5) is 17.6 Å². The fourth-order valence-electron chi connectivity index (χ4n) is 3.24. The number of rotatable bonds is 6. The molecule has 0 bridgehead atoms.